The molecular weight excluding hydrogens is 168 g/mol. The van der Waals surface area contributed by atoms with Crippen LogP contribution in [-0.2, 0) is 4.79 Å². The minimum atomic E-state index is -0.390. The van der Waals surface area contributed by atoms with Crippen LogP contribution in [0.15, 0.2) is 24.3 Å². The van der Waals surface area contributed by atoms with Crippen molar-refractivity contribution in [2.45, 2.75) is 6.42 Å². The summed E-state index contributed by atoms with van der Waals surface area (Å²) in [6.07, 6.45) is 0.822. The highest BCUT2D eigenvalue weighted by Gasteiger charge is 2.00. The first-order chi connectivity index (χ1) is 6.26. The van der Waals surface area contributed by atoms with Crippen LogP contribution in [0.1, 0.15) is 16.8 Å². The van der Waals surface area contributed by atoms with Gasteiger partial charge in [0.25, 0.3) is 0 Å². The maximum absolute atomic E-state index is 10.8. The smallest absolute Gasteiger partial charge is 0.311 e. The van der Waals surface area contributed by atoms with Crippen molar-refractivity contribution in [1.29, 1.82) is 0 Å². The molecule has 3 nitrogen and oxygen atoms in total. The Balaban J connectivity index is 2.69. The molecule has 0 fully saturated rings. The van der Waals surface area contributed by atoms with Gasteiger partial charge >= 0.3 is 5.97 Å². The minimum absolute atomic E-state index is 0.0927. The monoisotopic (exact) mass is 177 g/mol. The molecule has 0 atom stereocenters. The molecule has 1 rings (SSSR count). The average Bonchev–Trinajstić information content (AvgIpc) is 2.19. The largest absolute Gasteiger partial charge is 0.427 e. The summed E-state index contributed by atoms with van der Waals surface area (Å²) in [7, 11) is 0. The van der Waals surface area contributed by atoms with E-state index >= 15 is 0 Å². The highest BCUT2D eigenvalue weighted by molar-refractivity contribution is 5.76. The molecule has 0 heterocycles. The number of carbonyl (C=O) groups is 2. The fraction of sp³-hybridized carbons (Fsp3) is 0.100. The second-order valence-corrected chi connectivity index (χ2v) is 2.41. The van der Waals surface area contributed by atoms with E-state index in [2.05, 4.69) is 6.92 Å². The van der Waals surface area contributed by atoms with Gasteiger partial charge in [-0.3, -0.25) is 9.59 Å². The molecule has 0 saturated heterocycles. The number of carbonyl (C=O) groups excluding carboxylic acids is 2. The van der Waals surface area contributed by atoms with E-state index < -0.39 is 0 Å². The Morgan fingerprint density at radius 3 is 2.46 bits per heavy atom. The van der Waals surface area contributed by atoms with Crippen LogP contribution in [0.3, 0.4) is 0 Å². The lowest BCUT2D eigenvalue weighted by Gasteiger charge is -2.01. The summed E-state index contributed by atoms with van der Waals surface area (Å²) in [5.41, 5.74) is 0.550. The van der Waals surface area contributed by atoms with Crippen molar-refractivity contribution in [2.75, 3.05) is 0 Å². The van der Waals surface area contributed by atoms with E-state index in [1.807, 2.05) is 0 Å². The molecule has 0 unspecified atom stereocenters. The van der Waals surface area contributed by atoms with E-state index in [9.17, 15) is 9.59 Å². The van der Waals surface area contributed by atoms with Gasteiger partial charge in [0.15, 0.2) is 0 Å². The number of esters is 1. The van der Waals surface area contributed by atoms with Crippen LogP contribution in [0.4, 0.5) is 0 Å². The van der Waals surface area contributed by atoms with E-state index in [1.165, 1.54) is 0 Å². The number of rotatable bonds is 3. The van der Waals surface area contributed by atoms with E-state index in [4.69, 9.17) is 4.74 Å². The van der Waals surface area contributed by atoms with Gasteiger partial charge < -0.3 is 4.74 Å². The quantitative estimate of drug-likeness (QED) is 0.400. The molecule has 0 aliphatic heterocycles. The Morgan fingerprint density at radius 1 is 1.38 bits per heavy atom. The van der Waals surface area contributed by atoms with Crippen molar-refractivity contribution in [3.05, 3.63) is 36.8 Å². The highest BCUT2D eigenvalue weighted by atomic mass is 16.5. The Morgan fingerprint density at radius 2 is 2.00 bits per heavy atom. The third kappa shape index (κ3) is 2.71. The second kappa shape index (κ2) is 4.40. The van der Waals surface area contributed by atoms with Gasteiger partial charge in [0.2, 0.25) is 0 Å². The zero-order chi connectivity index (χ0) is 9.68. The van der Waals surface area contributed by atoms with Crippen LogP contribution in [0.2, 0.25) is 0 Å². The highest BCUT2D eigenvalue weighted by Crippen LogP contribution is 2.11. The first kappa shape index (κ1) is 9.45. The lowest BCUT2D eigenvalue weighted by atomic mass is 10.2. The first-order valence-electron chi connectivity index (χ1n) is 3.81. The Labute approximate surface area is 76.3 Å². The van der Waals surface area contributed by atoms with Gasteiger partial charge in [-0.2, -0.15) is 0 Å². The molecule has 0 saturated carbocycles. The van der Waals surface area contributed by atoms with Crippen LogP contribution in [0.25, 0.3) is 0 Å². The number of benzene rings is 1. The molecule has 0 bridgehead atoms. The predicted octanol–water partition coefficient (Wildman–Crippen LogP) is 1.63. The molecule has 0 aliphatic carbocycles. The van der Waals surface area contributed by atoms with Gasteiger partial charge in [0.1, 0.15) is 12.0 Å². The van der Waals surface area contributed by atoms with Gasteiger partial charge in [-0.1, -0.05) is 0 Å². The maximum Gasteiger partial charge on any atom is 0.311 e. The summed E-state index contributed by atoms with van der Waals surface area (Å²) in [5.74, 6) is 0.0399. The van der Waals surface area contributed by atoms with Crippen molar-refractivity contribution < 1.29 is 14.3 Å². The van der Waals surface area contributed by atoms with Crippen molar-refractivity contribution in [2.24, 2.45) is 0 Å². The van der Waals surface area contributed by atoms with E-state index in [0.29, 0.717) is 11.3 Å². The predicted molar refractivity (Wildman–Crippen MR) is 47.4 cm³/mol. The SMILES string of the molecule is [CH2]CC(=O)Oc1ccc(C=O)cc1. The average molecular weight is 177 g/mol. The molecule has 0 amide bonds. The first-order valence-corrected chi connectivity index (χ1v) is 3.81. The van der Waals surface area contributed by atoms with Crippen molar-refractivity contribution in [3.8, 4) is 5.75 Å². The molecule has 0 spiro atoms. The van der Waals surface area contributed by atoms with Crippen molar-refractivity contribution in [3.63, 3.8) is 0 Å². The third-order valence-electron chi connectivity index (χ3n) is 1.45. The Kier molecular flexibility index (Phi) is 3.20. The van der Waals surface area contributed by atoms with E-state index in [1.54, 1.807) is 24.3 Å². The number of hydrogen-bond acceptors (Lipinski definition) is 3. The van der Waals surface area contributed by atoms with Gasteiger partial charge in [-0.05, 0) is 31.2 Å². The zero-order valence-corrected chi connectivity index (χ0v) is 7.03. The zero-order valence-electron chi connectivity index (χ0n) is 7.03. The molecule has 0 aliphatic rings. The fourth-order valence-corrected chi connectivity index (χ4v) is 0.797. The van der Waals surface area contributed by atoms with Gasteiger partial charge in [0.05, 0.1) is 0 Å². The summed E-state index contributed by atoms with van der Waals surface area (Å²) in [6.45, 7) is 3.38. The summed E-state index contributed by atoms with van der Waals surface area (Å²) < 4.78 is 4.85. The lowest BCUT2D eigenvalue weighted by molar-refractivity contribution is -0.133. The summed E-state index contributed by atoms with van der Waals surface area (Å²) in [6, 6.07) is 6.30. The van der Waals surface area contributed by atoms with Crippen LogP contribution >= 0.6 is 0 Å². The Hall–Kier alpha value is -1.64. The van der Waals surface area contributed by atoms with Crippen LogP contribution < -0.4 is 4.74 Å². The summed E-state index contributed by atoms with van der Waals surface area (Å²) in [5, 5.41) is 0. The third-order valence-corrected chi connectivity index (χ3v) is 1.45. The van der Waals surface area contributed by atoms with Crippen LogP contribution in [0, 0.1) is 6.92 Å². The molecule has 67 valence electrons. The van der Waals surface area contributed by atoms with Crippen LogP contribution in [-0.4, -0.2) is 12.3 Å². The fourth-order valence-electron chi connectivity index (χ4n) is 0.797. The van der Waals surface area contributed by atoms with Gasteiger partial charge in [-0.15, -0.1) is 0 Å². The lowest BCUT2D eigenvalue weighted by Crippen LogP contribution is -2.05. The molecule has 0 N–H and O–H groups in total. The number of aldehydes is 1. The van der Waals surface area contributed by atoms with Crippen molar-refractivity contribution >= 4 is 12.3 Å². The molecule has 0 aromatic heterocycles. The summed E-state index contributed by atoms with van der Waals surface area (Å²) >= 11 is 0. The molecule has 3 heteroatoms. The number of ether oxygens (including phenoxy) is 1. The second-order valence-electron chi connectivity index (χ2n) is 2.41. The molecule has 1 aromatic rings. The maximum atomic E-state index is 10.8. The van der Waals surface area contributed by atoms with Gasteiger partial charge in [-0.25, -0.2) is 0 Å². The van der Waals surface area contributed by atoms with E-state index in [0.717, 1.165) is 6.29 Å². The molecule has 1 aromatic carbocycles. The van der Waals surface area contributed by atoms with Gasteiger partial charge in [0, 0.05) is 12.0 Å². The van der Waals surface area contributed by atoms with E-state index in [-0.39, 0.29) is 12.4 Å². The standard InChI is InChI=1S/C10H9O3/c1-2-10(12)13-9-5-3-8(7-11)4-6-9/h3-7H,1-2H2. The van der Waals surface area contributed by atoms with Crippen molar-refractivity contribution in [1.82, 2.24) is 0 Å². The minimum Gasteiger partial charge on any atom is -0.427 e. The van der Waals surface area contributed by atoms with Crippen LogP contribution in [0.5, 0.6) is 5.75 Å². The molecule has 1 radical (unpaired) electrons. The number of hydrogen-bond donors (Lipinski definition) is 0. The molecule has 13 heavy (non-hydrogen) atoms. The summed E-state index contributed by atoms with van der Waals surface area (Å²) in [4.78, 5) is 21.1. The Bertz CT molecular complexity index is 300. The topological polar surface area (TPSA) is 43.4 Å². The normalized spacial score (nSPS) is 9.31. The molecular formula is C10H9O3.